The van der Waals surface area contributed by atoms with Gasteiger partial charge in [-0.2, -0.15) is 0 Å². The number of rotatable bonds is 9. The molecule has 2 rings (SSSR count). The Kier molecular flexibility index (Phi) is 7.80. The van der Waals surface area contributed by atoms with Crippen molar-refractivity contribution in [2.75, 3.05) is 20.3 Å². The first-order valence-electron chi connectivity index (χ1n) is 8.98. The number of hydrogen-bond acceptors (Lipinski definition) is 4. The first-order valence-corrected chi connectivity index (χ1v) is 9.36. The fourth-order valence-corrected chi connectivity index (χ4v) is 2.83. The molecular formula is C21H26ClNO4. The van der Waals surface area contributed by atoms with Crippen LogP contribution in [0.2, 0.25) is 5.02 Å². The van der Waals surface area contributed by atoms with Crippen LogP contribution in [0.15, 0.2) is 36.4 Å². The van der Waals surface area contributed by atoms with E-state index >= 15 is 0 Å². The Balaban J connectivity index is 1.94. The zero-order chi connectivity index (χ0) is 19.8. The van der Waals surface area contributed by atoms with E-state index in [0.717, 1.165) is 17.7 Å². The Morgan fingerprint density at radius 2 is 1.89 bits per heavy atom. The van der Waals surface area contributed by atoms with E-state index in [1.54, 1.807) is 12.1 Å². The van der Waals surface area contributed by atoms with Crippen molar-refractivity contribution in [3.8, 4) is 17.2 Å². The highest BCUT2D eigenvalue weighted by Gasteiger charge is 2.15. The molecule has 27 heavy (non-hydrogen) atoms. The summed E-state index contributed by atoms with van der Waals surface area (Å²) in [5.41, 5.74) is 1.55. The molecule has 0 saturated heterocycles. The molecule has 0 aliphatic heterocycles. The minimum absolute atomic E-state index is 0.146. The van der Waals surface area contributed by atoms with Gasteiger partial charge in [-0.3, -0.25) is 4.79 Å². The maximum Gasteiger partial charge on any atom is 0.251 e. The van der Waals surface area contributed by atoms with Gasteiger partial charge in [0.2, 0.25) is 0 Å². The van der Waals surface area contributed by atoms with E-state index in [2.05, 4.69) is 5.32 Å². The zero-order valence-electron chi connectivity index (χ0n) is 16.2. The maximum absolute atomic E-state index is 12.4. The van der Waals surface area contributed by atoms with E-state index in [1.165, 1.54) is 7.11 Å². The molecule has 5 nitrogen and oxygen atoms in total. The third-order valence-electron chi connectivity index (χ3n) is 3.77. The Bertz CT molecular complexity index is 760. The summed E-state index contributed by atoms with van der Waals surface area (Å²) >= 11 is 6.22. The van der Waals surface area contributed by atoms with E-state index in [1.807, 2.05) is 45.0 Å². The molecule has 2 aromatic rings. The van der Waals surface area contributed by atoms with Gasteiger partial charge in [-0.05, 0) is 57.0 Å². The fourth-order valence-electron chi connectivity index (χ4n) is 2.56. The predicted octanol–water partition coefficient (Wildman–Crippen LogP) is 4.51. The Labute approximate surface area is 165 Å². The van der Waals surface area contributed by atoms with Gasteiger partial charge in [-0.25, -0.2) is 0 Å². The van der Waals surface area contributed by atoms with Crippen LogP contribution >= 0.6 is 11.6 Å². The lowest BCUT2D eigenvalue weighted by atomic mass is 10.1. The third-order valence-corrected chi connectivity index (χ3v) is 4.06. The summed E-state index contributed by atoms with van der Waals surface area (Å²) in [6.07, 6.45) is 0.864. The lowest BCUT2D eigenvalue weighted by Gasteiger charge is -2.13. The molecule has 0 spiro atoms. The SMILES string of the molecule is CCOc1c(Cl)cc(C(=O)NCCc2ccc(OC(C)C)cc2)cc1OC. The standard InChI is InChI=1S/C21H26ClNO4/c1-5-26-20-18(22)12-16(13-19(20)25-4)21(24)23-11-10-15-6-8-17(9-7-15)27-14(2)3/h6-9,12-14H,5,10-11H2,1-4H3,(H,23,24). The van der Waals surface area contributed by atoms with Crippen LogP contribution in [0, 0.1) is 0 Å². The summed E-state index contributed by atoms with van der Waals surface area (Å²) in [6, 6.07) is 11.1. The van der Waals surface area contributed by atoms with Gasteiger partial charge in [-0.1, -0.05) is 23.7 Å². The van der Waals surface area contributed by atoms with Crippen molar-refractivity contribution in [1.82, 2.24) is 5.32 Å². The van der Waals surface area contributed by atoms with Crippen LogP contribution in [0.25, 0.3) is 0 Å². The molecule has 0 saturated carbocycles. The average Bonchev–Trinajstić information content (AvgIpc) is 2.64. The van der Waals surface area contributed by atoms with Gasteiger partial charge in [0.25, 0.3) is 5.91 Å². The van der Waals surface area contributed by atoms with Crippen molar-refractivity contribution in [2.45, 2.75) is 33.3 Å². The van der Waals surface area contributed by atoms with Crippen molar-refractivity contribution in [2.24, 2.45) is 0 Å². The molecule has 0 aliphatic carbocycles. The number of methoxy groups -OCH3 is 1. The molecule has 0 heterocycles. The van der Waals surface area contributed by atoms with Crippen LogP contribution < -0.4 is 19.5 Å². The van der Waals surface area contributed by atoms with Gasteiger partial charge >= 0.3 is 0 Å². The average molecular weight is 392 g/mol. The second-order valence-electron chi connectivity index (χ2n) is 6.24. The summed E-state index contributed by atoms with van der Waals surface area (Å²) in [5.74, 6) is 1.52. The maximum atomic E-state index is 12.4. The summed E-state index contributed by atoms with van der Waals surface area (Å²) in [4.78, 5) is 12.4. The van der Waals surface area contributed by atoms with E-state index in [4.69, 9.17) is 25.8 Å². The number of benzene rings is 2. The second kappa shape index (κ2) is 10.1. The molecule has 6 heteroatoms. The van der Waals surface area contributed by atoms with Crippen LogP contribution in [0.1, 0.15) is 36.7 Å². The molecule has 0 unspecified atom stereocenters. The van der Waals surface area contributed by atoms with Crippen LogP contribution in [0.4, 0.5) is 0 Å². The molecule has 1 N–H and O–H groups in total. The molecule has 0 radical (unpaired) electrons. The number of nitrogens with one attached hydrogen (secondary N) is 1. The highest BCUT2D eigenvalue weighted by atomic mass is 35.5. The lowest BCUT2D eigenvalue weighted by molar-refractivity contribution is 0.0953. The molecule has 146 valence electrons. The summed E-state index contributed by atoms with van der Waals surface area (Å²) in [5, 5.41) is 3.25. The summed E-state index contributed by atoms with van der Waals surface area (Å²) in [6.45, 7) is 6.81. The molecule has 2 aromatic carbocycles. The summed E-state index contributed by atoms with van der Waals surface area (Å²) in [7, 11) is 1.52. The summed E-state index contributed by atoms with van der Waals surface area (Å²) < 4.78 is 16.4. The number of carbonyl (C=O) groups is 1. The Morgan fingerprint density at radius 3 is 2.48 bits per heavy atom. The van der Waals surface area contributed by atoms with E-state index in [0.29, 0.717) is 35.2 Å². The Hall–Kier alpha value is -2.40. The topological polar surface area (TPSA) is 56.8 Å². The largest absolute Gasteiger partial charge is 0.493 e. The highest BCUT2D eigenvalue weighted by molar-refractivity contribution is 6.32. The van der Waals surface area contributed by atoms with Crippen LogP contribution in [0.3, 0.4) is 0 Å². The van der Waals surface area contributed by atoms with Gasteiger partial charge in [0.05, 0.1) is 24.8 Å². The van der Waals surface area contributed by atoms with Gasteiger partial charge < -0.3 is 19.5 Å². The third kappa shape index (κ3) is 6.07. The van der Waals surface area contributed by atoms with Gasteiger partial charge in [-0.15, -0.1) is 0 Å². The number of hydrogen-bond donors (Lipinski definition) is 1. The first-order chi connectivity index (χ1) is 12.9. The van der Waals surface area contributed by atoms with Crippen LogP contribution in [0.5, 0.6) is 17.2 Å². The predicted molar refractivity (Wildman–Crippen MR) is 107 cm³/mol. The molecule has 0 aromatic heterocycles. The molecule has 0 atom stereocenters. The van der Waals surface area contributed by atoms with Crippen molar-refractivity contribution < 1.29 is 19.0 Å². The van der Waals surface area contributed by atoms with Crippen molar-refractivity contribution in [1.29, 1.82) is 0 Å². The first kappa shape index (κ1) is 20.9. The normalized spacial score (nSPS) is 10.6. The fraction of sp³-hybridized carbons (Fsp3) is 0.381. The monoisotopic (exact) mass is 391 g/mol. The number of carbonyl (C=O) groups excluding carboxylic acids is 1. The van der Waals surface area contributed by atoms with Gasteiger partial charge in [0.1, 0.15) is 5.75 Å². The lowest BCUT2D eigenvalue weighted by Crippen LogP contribution is -2.25. The van der Waals surface area contributed by atoms with Crippen molar-refractivity contribution in [3.63, 3.8) is 0 Å². The van der Waals surface area contributed by atoms with Crippen molar-refractivity contribution in [3.05, 3.63) is 52.5 Å². The highest BCUT2D eigenvalue weighted by Crippen LogP contribution is 2.36. The number of ether oxygens (including phenoxy) is 3. The van der Waals surface area contributed by atoms with Crippen molar-refractivity contribution >= 4 is 17.5 Å². The van der Waals surface area contributed by atoms with Gasteiger partial charge in [0.15, 0.2) is 11.5 Å². The van der Waals surface area contributed by atoms with Gasteiger partial charge in [0, 0.05) is 12.1 Å². The van der Waals surface area contributed by atoms with Crippen LogP contribution in [-0.2, 0) is 6.42 Å². The minimum Gasteiger partial charge on any atom is -0.493 e. The molecule has 1 amide bonds. The molecular weight excluding hydrogens is 366 g/mol. The van der Waals surface area contributed by atoms with E-state index < -0.39 is 0 Å². The van der Waals surface area contributed by atoms with Crippen LogP contribution in [-0.4, -0.2) is 32.3 Å². The molecule has 0 fully saturated rings. The quantitative estimate of drug-likeness (QED) is 0.683. The number of halogens is 1. The molecule has 0 aliphatic rings. The number of amides is 1. The minimum atomic E-state index is -0.210. The smallest absolute Gasteiger partial charge is 0.251 e. The zero-order valence-corrected chi connectivity index (χ0v) is 16.9. The molecule has 0 bridgehead atoms. The van der Waals surface area contributed by atoms with E-state index in [-0.39, 0.29) is 12.0 Å². The second-order valence-corrected chi connectivity index (χ2v) is 6.65. The Morgan fingerprint density at radius 1 is 1.19 bits per heavy atom. The van der Waals surface area contributed by atoms with E-state index in [9.17, 15) is 4.79 Å².